The number of carboxylic acids is 2. The smallest absolute Gasteiger partial charge is 0.326 e. The molecule has 122 valence electrons. The van der Waals surface area contributed by atoms with Crippen molar-refractivity contribution < 1.29 is 24.6 Å². The highest BCUT2D eigenvalue weighted by Gasteiger charge is 2.21. The summed E-state index contributed by atoms with van der Waals surface area (Å²) in [6.07, 6.45) is 2.43. The molecule has 0 aromatic rings. The van der Waals surface area contributed by atoms with Gasteiger partial charge in [0.2, 0.25) is 0 Å². The summed E-state index contributed by atoms with van der Waals surface area (Å²) in [7, 11) is 0. The highest BCUT2D eigenvalue weighted by molar-refractivity contribution is 5.83. The fourth-order valence-corrected chi connectivity index (χ4v) is 1.85. The van der Waals surface area contributed by atoms with E-state index in [4.69, 9.17) is 10.2 Å². The molecular formula is C14H26N2O5. The molecule has 4 N–H and O–H groups in total. The zero-order chi connectivity index (χ0) is 16.4. The molecule has 7 nitrogen and oxygen atoms in total. The fourth-order valence-electron chi connectivity index (χ4n) is 1.85. The van der Waals surface area contributed by atoms with Crippen molar-refractivity contribution in [2.24, 2.45) is 5.92 Å². The first kappa shape index (κ1) is 19.2. The van der Waals surface area contributed by atoms with E-state index in [1.54, 1.807) is 0 Å². The third-order valence-electron chi connectivity index (χ3n) is 3.05. The number of aliphatic carboxylic acids is 2. The Labute approximate surface area is 125 Å². The van der Waals surface area contributed by atoms with Crippen molar-refractivity contribution in [2.45, 2.75) is 65.0 Å². The van der Waals surface area contributed by atoms with E-state index in [2.05, 4.69) is 24.5 Å². The number of nitrogens with one attached hydrogen (secondary N) is 2. The minimum Gasteiger partial charge on any atom is -0.481 e. The zero-order valence-corrected chi connectivity index (χ0v) is 12.9. The van der Waals surface area contributed by atoms with Gasteiger partial charge in [-0.3, -0.25) is 4.79 Å². The lowest BCUT2D eigenvalue weighted by molar-refractivity contribution is -0.140. The van der Waals surface area contributed by atoms with Crippen LogP contribution in [0.2, 0.25) is 0 Å². The molecule has 0 bridgehead atoms. The minimum absolute atomic E-state index is 0.0577. The van der Waals surface area contributed by atoms with Crippen LogP contribution in [-0.4, -0.2) is 40.3 Å². The van der Waals surface area contributed by atoms with Gasteiger partial charge in [-0.2, -0.15) is 0 Å². The lowest BCUT2D eigenvalue weighted by atomic mass is 10.0. The maximum absolute atomic E-state index is 11.7. The number of carbonyl (C=O) groups excluding carboxylic acids is 1. The molecule has 0 spiro atoms. The number of carboxylic acid groups (broad SMARTS) is 2. The van der Waals surface area contributed by atoms with E-state index < -0.39 is 24.0 Å². The van der Waals surface area contributed by atoms with Crippen LogP contribution in [-0.2, 0) is 9.59 Å². The van der Waals surface area contributed by atoms with Crippen LogP contribution >= 0.6 is 0 Å². The second-order valence-corrected chi connectivity index (χ2v) is 5.67. The summed E-state index contributed by atoms with van der Waals surface area (Å²) in [5.41, 5.74) is 0. The molecule has 0 saturated carbocycles. The summed E-state index contributed by atoms with van der Waals surface area (Å²) < 4.78 is 0. The molecule has 0 rings (SSSR count). The lowest BCUT2D eigenvalue weighted by Crippen LogP contribution is -2.48. The Balaban J connectivity index is 4.12. The molecule has 0 aliphatic carbocycles. The first-order valence-corrected chi connectivity index (χ1v) is 7.24. The van der Waals surface area contributed by atoms with E-state index in [1.165, 1.54) is 0 Å². The lowest BCUT2D eigenvalue weighted by Gasteiger charge is -2.18. The molecule has 2 atom stereocenters. The van der Waals surface area contributed by atoms with Crippen molar-refractivity contribution in [3.05, 3.63) is 0 Å². The van der Waals surface area contributed by atoms with Crippen LogP contribution < -0.4 is 10.6 Å². The number of hydrogen-bond acceptors (Lipinski definition) is 3. The minimum atomic E-state index is -1.24. The summed E-state index contributed by atoms with van der Waals surface area (Å²) in [5, 5.41) is 22.4. The van der Waals surface area contributed by atoms with E-state index in [1.807, 2.05) is 6.92 Å². The molecule has 21 heavy (non-hydrogen) atoms. The van der Waals surface area contributed by atoms with Crippen LogP contribution in [0, 0.1) is 5.92 Å². The summed E-state index contributed by atoms with van der Waals surface area (Å²) in [6.45, 7) is 6.11. The topological polar surface area (TPSA) is 116 Å². The van der Waals surface area contributed by atoms with Gasteiger partial charge in [0, 0.05) is 12.5 Å². The van der Waals surface area contributed by atoms with Crippen LogP contribution in [0.5, 0.6) is 0 Å². The van der Waals surface area contributed by atoms with Gasteiger partial charge in [0.05, 0.1) is 0 Å². The van der Waals surface area contributed by atoms with E-state index in [9.17, 15) is 14.4 Å². The van der Waals surface area contributed by atoms with Crippen LogP contribution in [0.25, 0.3) is 0 Å². The first-order valence-electron chi connectivity index (χ1n) is 7.24. The molecule has 7 heteroatoms. The van der Waals surface area contributed by atoms with Crippen molar-refractivity contribution in [3.8, 4) is 0 Å². The SMILES string of the molecule is CC(C)CCCC(C)NC(=O)NC(CCC(=O)O)C(=O)O. The van der Waals surface area contributed by atoms with Gasteiger partial charge in [0.15, 0.2) is 0 Å². The first-order chi connectivity index (χ1) is 9.72. The quantitative estimate of drug-likeness (QED) is 0.491. The maximum atomic E-state index is 11.7. The van der Waals surface area contributed by atoms with Gasteiger partial charge in [-0.15, -0.1) is 0 Å². The van der Waals surface area contributed by atoms with Gasteiger partial charge >= 0.3 is 18.0 Å². The molecule has 0 saturated heterocycles. The standard InChI is InChI=1S/C14H26N2O5/c1-9(2)5-4-6-10(3)15-14(21)16-11(13(19)20)7-8-12(17)18/h9-11H,4-8H2,1-3H3,(H,17,18)(H,19,20)(H2,15,16,21). The number of rotatable bonds is 10. The Morgan fingerprint density at radius 3 is 2.05 bits per heavy atom. The summed E-state index contributed by atoms with van der Waals surface area (Å²) in [4.78, 5) is 33.1. The van der Waals surface area contributed by atoms with Crippen LogP contribution in [0.4, 0.5) is 4.79 Å². The van der Waals surface area contributed by atoms with Crippen LogP contribution in [0.3, 0.4) is 0 Å². The van der Waals surface area contributed by atoms with Crippen LogP contribution in [0.15, 0.2) is 0 Å². The number of carbonyl (C=O) groups is 3. The highest BCUT2D eigenvalue weighted by Crippen LogP contribution is 2.08. The zero-order valence-electron chi connectivity index (χ0n) is 12.9. The van der Waals surface area contributed by atoms with Crippen LogP contribution in [0.1, 0.15) is 52.9 Å². The molecule has 0 radical (unpaired) electrons. The van der Waals surface area contributed by atoms with Crippen molar-refractivity contribution in [1.82, 2.24) is 10.6 Å². The average molecular weight is 302 g/mol. The predicted octanol–water partition coefficient (Wildman–Crippen LogP) is 1.82. The molecule has 2 amide bonds. The third kappa shape index (κ3) is 10.6. The van der Waals surface area contributed by atoms with Gasteiger partial charge in [0.25, 0.3) is 0 Å². The van der Waals surface area contributed by atoms with E-state index in [0.29, 0.717) is 5.92 Å². The van der Waals surface area contributed by atoms with Crippen molar-refractivity contribution in [3.63, 3.8) is 0 Å². The molecule has 0 aromatic carbocycles. The summed E-state index contributed by atoms with van der Waals surface area (Å²) in [6, 6.07) is -1.83. The molecule has 0 aliphatic rings. The second-order valence-electron chi connectivity index (χ2n) is 5.67. The van der Waals surface area contributed by atoms with Gasteiger partial charge in [-0.05, 0) is 25.7 Å². The molecule has 2 unspecified atom stereocenters. The summed E-state index contributed by atoms with van der Waals surface area (Å²) in [5.74, 6) is -1.72. The average Bonchev–Trinajstić information content (AvgIpc) is 2.33. The Bertz CT molecular complexity index is 357. The largest absolute Gasteiger partial charge is 0.481 e. The Morgan fingerprint density at radius 2 is 1.57 bits per heavy atom. The second kappa shape index (κ2) is 10.0. The van der Waals surface area contributed by atoms with Gasteiger partial charge < -0.3 is 20.8 Å². The molecule has 0 fully saturated rings. The van der Waals surface area contributed by atoms with Gasteiger partial charge in [0.1, 0.15) is 6.04 Å². The van der Waals surface area contributed by atoms with E-state index >= 15 is 0 Å². The number of urea groups is 1. The number of amides is 2. The highest BCUT2D eigenvalue weighted by atomic mass is 16.4. The fraction of sp³-hybridized carbons (Fsp3) is 0.786. The van der Waals surface area contributed by atoms with Crippen molar-refractivity contribution in [1.29, 1.82) is 0 Å². The Morgan fingerprint density at radius 1 is 0.952 bits per heavy atom. The predicted molar refractivity (Wildman–Crippen MR) is 78.1 cm³/mol. The monoisotopic (exact) mass is 302 g/mol. The summed E-state index contributed by atoms with van der Waals surface area (Å²) >= 11 is 0. The van der Waals surface area contributed by atoms with Crippen molar-refractivity contribution in [2.75, 3.05) is 0 Å². The number of hydrogen-bond donors (Lipinski definition) is 4. The molecular weight excluding hydrogens is 276 g/mol. The molecule has 0 aromatic heterocycles. The third-order valence-corrected chi connectivity index (χ3v) is 3.05. The molecule has 0 heterocycles. The molecule has 0 aliphatic heterocycles. The maximum Gasteiger partial charge on any atom is 0.326 e. The van der Waals surface area contributed by atoms with Gasteiger partial charge in [-0.1, -0.05) is 26.7 Å². The van der Waals surface area contributed by atoms with Gasteiger partial charge in [-0.25, -0.2) is 9.59 Å². The van der Waals surface area contributed by atoms with E-state index in [-0.39, 0.29) is 18.9 Å². The Hall–Kier alpha value is -1.79. The normalized spacial score (nSPS) is 13.5. The van der Waals surface area contributed by atoms with Crippen molar-refractivity contribution >= 4 is 18.0 Å². The van der Waals surface area contributed by atoms with E-state index in [0.717, 1.165) is 19.3 Å². The Kier molecular flexibility index (Phi) is 9.16.